The summed E-state index contributed by atoms with van der Waals surface area (Å²) in [4.78, 5) is 9.90. The van der Waals surface area contributed by atoms with Gasteiger partial charge in [0.25, 0.3) is 15.7 Å². The predicted octanol–water partition coefficient (Wildman–Crippen LogP) is 2.04. The van der Waals surface area contributed by atoms with Gasteiger partial charge in [0.05, 0.1) is 20.4 Å². The minimum atomic E-state index is -4.13. The van der Waals surface area contributed by atoms with Crippen LogP contribution in [-0.4, -0.2) is 27.8 Å². The van der Waals surface area contributed by atoms with E-state index in [1.165, 1.54) is 24.3 Å². The Labute approximate surface area is 160 Å². The van der Waals surface area contributed by atoms with Gasteiger partial charge in [0.2, 0.25) is 10.0 Å². The van der Waals surface area contributed by atoms with Crippen LogP contribution in [0.15, 0.2) is 46.2 Å². The van der Waals surface area contributed by atoms with E-state index >= 15 is 0 Å². The third-order valence-electron chi connectivity index (χ3n) is 4.20. The zero-order valence-electron chi connectivity index (χ0n) is 13.9. The van der Waals surface area contributed by atoms with Crippen molar-refractivity contribution in [2.45, 2.75) is 29.2 Å². The molecule has 27 heavy (non-hydrogen) atoms. The Hall–Kier alpha value is -2.21. The summed E-state index contributed by atoms with van der Waals surface area (Å²) in [5.41, 5.74) is 0.281. The third-order valence-corrected chi connectivity index (χ3v) is 7.36. The molecule has 1 aliphatic rings. The minimum Gasteiger partial charge on any atom is -0.263 e. The van der Waals surface area contributed by atoms with Crippen LogP contribution in [-0.2, 0) is 26.5 Å². The second-order valence-corrected chi connectivity index (χ2v) is 9.84. The number of fused-ring (bicyclic) bond motifs is 1. The minimum absolute atomic E-state index is 0.116. The van der Waals surface area contributed by atoms with Gasteiger partial charge in [0.1, 0.15) is 5.02 Å². The van der Waals surface area contributed by atoms with Crippen molar-refractivity contribution in [2.75, 3.05) is 4.31 Å². The Bertz CT molecular complexity index is 1160. The second-order valence-electron chi connectivity index (χ2n) is 6.06. The highest BCUT2D eigenvalue weighted by Crippen LogP contribution is 2.39. The van der Waals surface area contributed by atoms with Gasteiger partial charge in [-0.15, -0.1) is 0 Å². The van der Waals surface area contributed by atoms with E-state index in [2.05, 4.69) is 0 Å². The van der Waals surface area contributed by atoms with Crippen LogP contribution in [0.3, 0.4) is 0 Å². The lowest BCUT2D eigenvalue weighted by Gasteiger charge is -2.24. The highest BCUT2D eigenvalue weighted by molar-refractivity contribution is 7.93. The van der Waals surface area contributed by atoms with Crippen molar-refractivity contribution in [3.05, 3.63) is 57.1 Å². The zero-order valence-corrected chi connectivity index (χ0v) is 16.3. The first kappa shape index (κ1) is 19.5. The van der Waals surface area contributed by atoms with Crippen molar-refractivity contribution in [3.63, 3.8) is 0 Å². The molecule has 1 aliphatic heterocycles. The number of sulfonamides is 2. The van der Waals surface area contributed by atoms with E-state index in [4.69, 9.17) is 16.7 Å². The monoisotopic (exact) mass is 431 g/mol. The fraction of sp³-hybridized carbons (Fsp3) is 0.200. The molecule has 1 heterocycles. The average molecular weight is 432 g/mol. The first-order valence-electron chi connectivity index (χ1n) is 7.57. The number of nitrogens with two attached hydrogens (primary N) is 1. The smallest absolute Gasteiger partial charge is 0.263 e. The van der Waals surface area contributed by atoms with Gasteiger partial charge < -0.3 is 0 Å². The average Bonchev–Trinajstić information content (AvgIpc) is 2.89. The summed E-state index contributed by atoms with van der Waals surface area (Å²) < 4.78 is 50.3. The number of hydrogen-bond acceptors (Lipinski definition) is 6. The lowest BCUT2D eigenvalue weighted by molar-refractivity contribution is -0.384. The Morgan fingerprint density at radius 3 is 2.37 bits per heavy atom. The van der Waals surface area contributed by atoms with Crippen LogP contribution in [0.25, 0.3) is 0 Å². The maximum absolute atomic E-state index is 13.1. The summed E-state index contributed by atoms with van der Waals surface area (Å²) in [7, 11) is -8.06. The van der Waals surface area contributed by atoms with Crippen molar-refractivity contribution in [1.29, 1.82) is 0 Å². The van der Waals surface area contributed by atoms with Crippen LogP contribution in [0.4, 0.5) is 11.4 Å². The molecule has 2 aromatic carbocycles. The van der Waals surface area contributed by atoms with Gasteiger partial charge in [-0.05, 0) is 49.2 Å². The molecular formula is C15H14ClN3O6S2. The van der Waals surface area contributed by atoms with E-state index in [1.54, 1.807) is 6.92 Å². The summed E-state index contributed by atoms with van der Waals surface area (Å²) in [5, 5.41) is 16.0. The summed E-state index contributed by atoms with van der Waals surface area (Å²) in [6, 6.07) is 6.64. The van der Waals surface area contributed by atoms with Crippen LogP contribution < -0.4 is 9.44 Å². The van der Waals surface area contributed by atoms with E-state index in [0.29, 0.717) is 11.3 Å². The molecule has 0 spiro atoms. The van der Waals surface area contributed by atoms with Crippen molar-refractivity contribution in [1.82, 2.24) is 0 Å². The molecule has 0 amide bonds. The van der Waals surface area contributed by atoms with E-state index < -0.39 is 36.7 Å². The Balaban J connectivity index is 2.12. The lowest BCUT2D eigenvalue weighted by Crippen LogP contribution is -2.35. The highest BCUT2D eigenvalue weighted by Gasteiger charge is 2.37. The SMILES string of the molecule is CC1Cc2cc(S(N)(=O)=O)ccc2N1S(=O)(=O)c1ccc(Cl)c([N+](=O)[O-])c1. The first-order valence-corrected chi connectivity index (χ1v) is 10.9. The number of nitrogens with zero attached hydrogens (tertiary/aromatic N) is 2. The molecule has 1 atom stereocenters. The molecule has 0 bridgehead atoms. The van der Waals surface area contributed by atoms with Crippen LogP contribution in [0.1, 0.15) is 12.5 Å². The standard InChI is InChI=1S/C15H14ClN3O6S2/c1-9-6-10-7-11(26(17,22)23)3-5-14(10)18(9)27(24,25)12-2-4-13(16)15(8-12)19(20)21/h2-5,7-9H,6H2,1H3,(H2,17,22,23). The quantitative estimate of drug-likeness (QED) is 0.580. The first-order chi connectivity index (χ1) is 12.4. The molecule has 0 fully saturated rings. The number of primary sulfonamides is 1. The Morgan fingerprint density at radius 2 is 1.78 bits per heavy atom. The van der Waals surface area contributed by atoms with Crippen molar-refractivity contribution in [3.8, 4) is 0 Å². The molecule has 2 aromatic rings. The van der Waals surface area contributed by atoms with Gasteiger partial charge >= 0.3 is 0 Å². The molecular weight excluding hydrogens is 418 g/mol. The van der Waals surface area contributed by atoms with Crippen LogP contribution in [0.5, 0.6) is 0 Å². The van der Waals surface area contributed by atoms with Crippen molar-refractivity contribution >= 4 is 43.0 Å². The van der Waals surface area contributed by atoms with Gasteiger partial charge in [-0.2, -0.15) is 0 Å². The van der Waals surface area contributed by atoms with Gasteiger partial charge in [-0.25, -0.2) is 22.0 Å². The number of hydrogen-bond donors (Lipinski definition) is 1. The van der Waals surface area contributed by atoms with E-state index in [1.807, 2.05) is 0 Å². The molecule has 0 radical (unpaired) electrons. The highest BCUT2D eigenvalue weighted by atomic mass is 35.5. The molecule has 0 saturated heterocycles. The number of nitro benzene ring substituents is 1. The number of halogens is 1. The van der Waals surface area contributed by atoms with Crippen LogP contribution in [0, 0.1) is 10.1 Å². The maximum Gasteiger partial charge on any atom is 0.289 e. The number of nitro groups is 1. The fourth-order valence-electron chi connectivity index (χ4n) is 3.03. The zero-order chi connectivity index (χ0) is 20.1. The molecule has 9 nitrogen and oxygen atoms in total. The summed E-state index contributed by atoms with van der Waals surface area (Å²) in [6.45, 7) is 1.65. The molecule has 0 aliphatic carbocycles. The molecule has 1 unspecified atom stereocenters. The molecule has 0 saturated carbocycles. The van der Waals surface area contributed by atoms with Gasteiger partial charge in [-0.3, -0.25) is 14.4 Å². The van der Waals surface area contributed by atoms with Crippen molar-refractivity contribution < 1.29 is 21.8 Å². The van der Waals surface area contributed by atoms with Crippen LogP contribution >= 0.6 is 11.6 Å². The maximum atomic E-state index is 13.1. The fourth-order valence-corrected chi connectivity index (χ4v) is 5.49. The van der Waals surface area contributed by atoms with E-state index in [-0.39, 0.29) is 21.2 Å². The topological polar surface area (TPSA) is 141 Å². The molecule has 3 rings (SSSR count). The third kappa shape index (κ3) is 3.38. The van der Waals surface area contributed by atoms with E-state index in [0.717, 1.165) is 16.4 Å². The van der Waals surface area contributed by atoms with Crippen LogP contribution in [0.2, 0.25) is 5.02 Å². The molecule has 0 aromatic heterocycles. The number of rotatable bonds is 4. The van der Waals surface area contributed by atoms with E-state index in [9.17, 15) is 26.9 Å². The summed E-state index contributed by atoms with van der Waals surface area (Å²) in [5.74, 6) is 0. The summed E-state index contributed by atoms with van der Waals surface area (Å²) >= 11 is 5.75. The largest absolute Gasteiger partial charge is 0.289 e. The molecule has 12 heteroatoms. The van der Waals surface area contributed by atoms with Gasteiger partial charge in [-0.1, -0.05) is 11.6 Å². The van der Waals surface area contributed by atoms with Crippen molar-refractivity contribution in [2.24, 2.45) is 5.14 Å². The Morgan fingerprint density at radius 1 is 1.15 bits per heavy atom. The molecule has 2 N–H and O–H groups in total. The Kier molecular flexibility index (Phi) is 4.67. The number of benzene rings is 2. The summed E-state index contributed by atoms with van der Waals surface area (Å²) in [6.07, 6.45) is 0.271. The van der Waals surface area contributed by atoms with Gasteiger partial charge in [0, 0.05) is 12.1 Å². The number of anilines is 1. The normalized spacial score (nSPS) is 17.0. The lowest BCUT2D eigenvalue weighted by atomic mass is 10.1. The van der Waals surface area contributed by atoms with Gasteiger partial charge in [0.15, 0.2) is 0 Å². The second kappa shape index (κ2) is 6.44. The molecule has 144 valence electrons. The predicted molar refractivity (Wildman–Crippen MR) is 98.8 cm³/mol.